The van der Waals surface area contributed by atoms with Gasteiger partial charge >= 0.3 is 0 Å². The van der Waals surface area contributed by atoms with Crippen molar-refractivity contribution >= 4 is 22.6 Å². The highest BCUT2D eigenvalue weighted by Gasteiger charge is 2.20. The summed E-state index contributed by atoms with van der Waals surface area (Å²) in [7, 11) is 0. The first-order chi connectivity index (χ1) is 8.17. The molecule has 94 valence electrons. The molecule has 0 bridgehead atoms. The highest BCUT2D eigenvalue weighted by molar-refractivity contribution is 8.15. The summed E-state index contributed by atoms with van der Waals surface area (Å²) in [6.45, 7) is 8.44. The fourth-order valence-electron chi connectivity index (χ4n) is 1.86. The van der Waals surface area contributed by atoms with Crippen molar-refractivity contribution in [1.29, 1.82) is 0 Å². The van der Waals surface area contributed by atoms with E-state index in [0.29, 0.717) is 5.25 Å². The van der Waals surface area contributed by atoms with Gasteiger partial charge in [0.2, 0.25) is 0 Å². The number of nitrogens with one attached hydrogen (secondary N) is 1. The smallest absolute Gasteiger partial charge is 0.161 e. The summed E-state index contributed by atoms with van der Waals surface area (Å²) in [6.07, 6.45) is 5.09. The Labute approximate surface area is 107 Å². The van der Waals surface area contributed by atoms with Crippen molar-refractivity contribution in [2.24, 2.45) is 10.9 Å². The third-order valence-corrected chi connectivity index (χ3v) is 3.79. The first kappa shape index (κ1) is 12.5. The van der Waals surface area contributed by atoms with Crippen LogP contribution in [0.25, 0.3) is 0 Å². The number of amidine groups is 1. The molecule has 1 unspecified atom stereocenters. The molecule has 1 aromatic rings. The Morgan fingerprint density at radius 3 is 3.06 bits per heavy atom. The summed E-state index contributed by atoms with van der Waals surface area (Å²) in [6, 6.07) is 0. The van der Waals surface area contributed by atoms with Crippen LogP contribution in [0.1, 0.15) is 27.2 Å². The van der Waals surface area contributed by atoms with Gasteiger partial charge in [0, 0.05) is 18.0 Å². The second-order valence-electron chi connectivity index (χ2n) is 4.72. The van der Waals surface area contributed by atoms with Gasteiger partial charge in [0.1, 0.15) is 0 Å². The zero-order valence-corrected chi connectivity index (χ0v) is 11.5. The Morgan fingerprint density at radius 2 is 2.41 bits per heavy atom. The predicted molar refractivity (Wildman–Crippen MR) is 74.7 cm³/mol. The van der Waals surface area contributed by atoms with Gasteiger partial charge in [0.25, 0.3) is 0 Å². The summed E-state index contributed by atoms with van der Waals surface area (Å²) in [5, 5.41) is 9.23. The molecule has 2 heterocycles. The number of aryl methyl sites for hydroxylation is 1. The van der Waals surface area contributed by atoms with E-state index in [-0.39, 0.29) is 0 Å². The third-order valence-electron chi connectivity index (χ3n) is 2.66. The number of anilines is 1. The largest absolute Gasteiger partial charge is 0.332 e. The quantitative estimate of drug-likeness (QED) is 0.896. The second-order valence-corrected chi connectivity index (χ2v) is 6.01. The molecule has 0 saturated heterocycles. The SMILES string of the molecule is CCn1cc(NC2=NCC(CC(C)C)S2)cn1. The van der Waals surface area contributed by atoms with Gasteiger partial charge in [-0.15, -0.1) is 0 Å². The maximum atomic E-state index is 4.53. The average Bonchev–Trinajstić information content (AvgIpc) is 2.88. The fourth-order valence-corrected chi connectivity index (χ4v) is 3.13. The molecule has 0 amide bonds. The molecule has 4 nitrogen and oxygen atoms in total. The van der Waals surface area contributed by atoms with Gasteiger partial charge in [-0.05, 0) is 19.3 Å². The van der Waals surface area contributed by atoms with Gasteiger partial charge in [0.15, 0.2) is 5.17 Å². The van der Waals surface area contributed by atoms with Crippen LogP contribution in [-0.2, 0) is 6.54 Å². The molecule has 0 aromatic carbocycles. The summed E-state index contributed by atoms with van der Waals surface area (Å²) in [5.41, 5.74) is 1.03. The minimum Gasteiger partial charge on any atom is -0.332 e. The maximum Gasteiger partial charge on any atom is 0.161 e. The zero-order valence-electron chi connectivity index (χ0n) is 10.7. The molecule has 0 aliphatic carbocycles. The van der Waals surface area contributed by atoms with Crippen molar-refractivity contribution in [3.8, 4) is 0 Å². The highest BCUT2D eigenvalue weighted by atomic mass is 32.2. The van der Waals surface area contributed by atoms with Gasteiger partial charge in [-0.3, -0.25) is 9.67 Å². The van der Waals surface area contributed by atoms with Gasteiger partial charge < -0.3 is 5.32 Å². The van der Waals surface area contributed by atoms with E-state index in [2.05, 4.69) is 36.2 Å². The third kappa shape index (κ3) is 3.49. The lowest BCUT2D eigenvalue weighted by Crippen LogP contribution is -2.09. The second kappa shape index (κ2) is 5.58. The molecule has 1 aromatic heterocycles. The van der Waals surface area contributed by atoms with Crippen LogP contribution in [0.4, 0.5) is 5.69 Å². The topological polar surface area (TPSA) is 42.2 Å². The minimum atomic E-state index is 0.638. The molecular formula is C12H20N4S. The average molecular weight is 252 g/mol. The van der Waals surface area contributed by atoms with E-state index in [4.69, 9.17) is 0 Å². The van der Waals surface area contributed by atoms with Crippen LogP contribution in [0.15, 0.2) is 17.4 Å². The fraction of sp³-hybridized carbons (Fsp3) is 0.667. The van der Waals surface area contributed by atoms with Gasteiger partial charge in [-0.2, -0.15) is 5.10 Å². The minimum absolute atomic E-state index is 0.638. The van der Waals surface area contributed by atoms with Crippen LogP contribution in [0.3, 0.4) is 0 Å². The Hall–Kier alpha value is -0.970. The van der Waals surface area contributed by atoms with Crippen molar-refractivity contribution in [1.82, 2.24) is 9.78 Å². The Bertz CT molecular complexity index is 397. The normalized spacial score (nSPS) is 19.8. The Kier molecular flexibility index (Phi) is 4.10. The molecule has 2 rings (SSSR count). The molecule has 1 N–H and O–H groups in total. The van der Waals surface area contributed by atoms with Crippen LogP contribution in [0.2, 0.25) is 0 Å². The summed E-state index contributed by atoms with van der Waals surface area (Å²) >= 11 is 1.85. The zero-order chi connectivity index (χ0) is 12.3. The number of aliphatic imine (C=N–C) groups is 1. The van der Waals surface area contributed by atoms with Crippen LogP contribution in [0.5, 0.6) is 0 Å². The van der Waals surface area contributed by atoms with Crippen LogP contribution >= 0.6 is 11.8 Å². The van der Waals surface area contributed by atoms with Crippen molar-refractivity contribution in [3.05, 3.63) is 12.4 Å². The van der Waals surface area contributed by atoms with E-state index in [0.717, 1.165) is 29.9 Å². The van der Waals surface area contributed by atoms with Crippen LogP contribution in [-0.4, -0.2) is 26.7 Å². The number of thioether (sulfide) groups is 1. The van der Waals surface area contributed by atoms with Gasteiger partial charge in [-0.1, -0.05) is 25.6 Å². The molecule has 0 radical (unpaired) electrons. The van der Waals surface area contributed by atoms with Crippen molar-refractivity contribution in [3.63, 3.8) is 0 Å². The molecule has 1 aliphatic heterocycles. The van der Waals surface area contributed by atoms with Crippen molar-refractivity contribution in [2.45, 2.75) is 39.0 Å². The lowest BCUT2D eigenvalue weighted by molar-refractivity contribution is 0.575. The van der Waals surface area contributed by atoms with E-state index in [9.17, 15) is 0 Å². The van der Waals surface area contributed by atoms with E-state index in [1.165, 1.54) is 6.42 Å². The number of hydrogen-bond donors (Lipinski definition) is 1. The predicted octanol–water partition coefficient (Wildman–Crippen LogP) is 2.83. The van der Waals surface area contributed by atoms with Gasteiger partial charge in [0.05, 0.1) is 18.4 Å². The first-order valence-corrected chi connectivity index (χ1v) is 7.06. The van der Waals surface area contributed by atoms with Crippen molar-refractivity contribution < 1.29 is 0 Å². The summed E-state index contributed by atoms with van der Waals surface area (Å²) < 4.78 is 1.91. The summed E-state index contributed by atoms with van der Waals surface area (Å²) in [5.74, 6) is 0.741. The molecule has 0 fully saturated rings. The Morgan fingerprint density at radius 1 is 1.59 bits per heavy atom. The standard InChI is InChI=1S/C12H20N4S/c1-4-16-8-10(6-14-16)15-12-13-7-11(17-12)5-9(2)3/h6,8-9,11H,4-5,7H2,1-3H3,(H,13,15). The highest BCUT2D eigenvalue weighted by Crippen LogP contribution is 2.27. The van der Waals surface area contributed by atoms with E-state index >= 15 is 0 Å². The van der Waals surface area contributed by atoms with Crippen LogP contribution < -0.4 is 5.32 Å². The van der Waals surface area contributed by atoms with Crippen molar-refractivity contribution in [2.75, 3.05) is 11.9 Å². The monoisotopic (exact) mass is 252 g/mol. The lowest BCUT2D eigenvalue weighted by Gasteiger charge is -2.10. The van der Waals surface area contributed by atoms with Crippen LogP contribution in [0, 0.1) is 5.92 Å². The number of hydrogen-bond acceptors (Lipinski definition) is 4. The lowest BCUT2D eigenvalue weighted by atomic mass is 10.1. The van der Waals surface area contributed by atoms with E-state index in [1.807, 2.05) is 28.8 Å². The molecule has 1 aliphatic rings. The van der Waals surface area contributed by atoms with Gasteiger partial charge in [-0.25, -0.2) is 0 Å². The molecular weight excluding hydrogens is 232 g/mol. The van der Waals surface area contributed by atoms with E-state index in [1.54, 1.807) is 0 Å². The molecule has 5 heteroatoms. The molecule has 1 atom stereocenters. The van der Waals surface area contributed by atoms with E-state index < -0.39 is 0 Å². The number of aromatic nitrogens is 2. The molecule has 0 spiro atoms. The molecule has 0 saturated carbocycles. The molecule has 17 heavy (non-hydrogen) atoms. The maximum absolute atomic E-state index is 4.53. The first-order valence-electron chi connectivity index (χ1n) is 6.18. The summed E-state index contributed by atoms with van der Waals surface area (Å²) in [4.78, 5) is 4.53. The Balaban J connectivity index is 1.85. The number of rotatable bonds is 4. The number of nitrogens with zero attached hydrogens (tertiary/aromatic N) is 3.